The van der Waals surface area contributed by atoms with Crippen LogP contribution >= 0.6 is 0 Å². The van der Waals surface area contributed by atoms with E-state index in [0.717, 1.165) is 11.3 Å². The summed E-state index contributed by atoms with van der Waals surface area (Å²) < 4.78 is 11.1. The van der Waals surface area contributed by atoms with Gasteiger partial charge in [-0.1, -0.05) is 12.1 Å². The first kappa shape index (κ1) is 13.0. The Morgan fingerprint density at radius 1 is 1.12 bits per heavy atom. The molecular formula is C13H21NO2. The van der Waals surface area contributed by atoms with Crippen LogP contribution in [0.3, 0.4) is 0 Å². The molecule has 0 bridgehead atoms. The van der Waals surface area contributed by atoms with E-state index in [1.54, 1.807) is 0 Å². The van der Waals surface area contributed by atoms with E-state index in [9.17, 15) is 0 Å². The van der Waals surface area contributed by atoms with Crippen molar-refractivity contribution in [2.75, 3.05) is 13.2 Å². The Morgan fingerprint density at radius 3 is 2.25 bits per heavy atom. The summed E-state index contributed by atoms with van der Waals surface area (Å²) in [4.78, 5) is 0. The van der Waals surface area contributed by atoms with Gasteiger partial charge in [0.2, 0.25) is 0 Å². The largest absolute Gasteiger partial charge is 0.488 e. The van der Waals surface area contributed by atoms with Gasteiger partial charge in [-0.05, 0) is 38.5 Å². The molecule has 0 saturated carbocycles. The summed E-state index contributed by atoms with van der Waals surface area (Å²) in [7, 11) is 0. The van der Waals surface area contributed by atoms with Gasteiger partial charge >= 0.3 is 0 Å². The van der Waals surface area contributed by atoms with Crippen LogP contribution in [0.15, 0.2) is 24.3 Å². The molecule has 0 saturated heterocycles. The van der Waals surface area contributed by atoms with Gasteiger partial charge in [0, 0.05) is 6.54 Å². The summed E-state index contributed by atoms with van der Waals surface area (Å²) in [6.45, 7) is 7.86. The molecule has 90 valence electrons. The van der Waals surface area contributed by atoms with Crippen molar-refractivity contribution in [3.8, 4) is 5.75 Å². The molecule has 0 aliphatic rings. The minimum atomic E-state index is -0.155. The van der Waals surface area contributed by atoms with E-state index in [4.69, 9.17) is 15.2 Å². The van der Waals surface area contributed by atoms with E-state index >= 15 is 0 Å². The number of hydrogen-bond donors (Lipinski definition) is 1. The van der Waals surface area contributed by atoms with Crippen molar-refractivity contribution in [2.24, 2.45) is 5.73 Å². The van der Waals surface area contributed by atoms with Crippen molar-refractivity contribution in [3.05, 3.63) is 29.8 Å². The van der Waals surface area contributed by atoms with Crippen molar-refractivity contribution in [3.63, 3.8) is 0 Å². The van der Waals surface area contributed by atoms with Crippen LogP contribution in [0, 0.1) is 0 Å². The fourth-order valence-corrected chi connectivity index (χ4v) is 1.28. The maximum Gasteiger partial charge on any atom is 0.120 e. The number of hydrogen-bond acceptors (Lipinski definition) is 3. The van der Waals surface area contributed by atoms with Crippen LogP contribution in [-0.2, 0) is 11.3 Å². The zero-order valence-electron chi connectivity index (χ0n) is 10.3. The highest BCUT2D eigenvalue weighted by atomic mass is 16.5. The lowest BCUT2D eigenvalue weighted by Gasteiger charge is -2.21. The molecule has 2 N–H and O–H groups in total. The first-order chi connectivity index (χ1) is 7.51. The van der Waals surface area contributed by atoms with Crippen LogP contribution in [-0.4, -0.2) is 18.8 Å². The molecule has 0 amide bonds. The molecule has 3 heteroatoms. The first-order valence-electron chi connectivity index (χ1n) is 5.57. The topological polar surface area (TPSA) is 44.5 Å². The van der Waals surface area contributed by atoms with Gasteiger partial charge in [-0.25, -0.2) is 0 Å². The molecule has 0 unspecified atom stereocenters. The maximum atomic E-state index is 5.72. The van der Waals surface area contributed by atoms with E-state index in [1.807, 2.05) is 45.0 Å². The summed E-state index contributed by atoms with van der Waals surface area (Å²) in [5, 5.41) is 0. The Bertz CT molecular complexity index is 301. The van der Waals surface area contributed by atoms with Gasteiger partial charge in [0.25, 0.3) is 0 Å². The second-order valence-corrected chi connectivity index (χ2v) is 4.70. The Labute approximate surface area is 97.6 Å². The van der Waals surface area contributed by atoms with Gasteiger partial charge in [-0.15, -0.1) is 0 Å². The van der Waals surface area contributed by atoms with Crippen molar-refractivity contribution in [1.29, 1.82) is 0 Å². The zero-order valence-corrected chi connectivity index (χ0v) is 10.3. The zero-order chi connectivity index (χ0) is 12.0. The molecule has 0 fully saturated rings. The van der Waals surface area contributed by atoms with Gasteiger partial charge in [0.05, 0.1) is 13.2 Å². The minimum absolute atomic E-state index is 0.155. The van der Waals surface area contributed by atoms with E-state index in [1.165, 1.54) is 0 Å². The lowest BCUT2D eigenvalue weighted by molar-refractivity contribution is 0.126. The minimum Gasteiger partial charge on any atom is -0.488 e. The van der Waals surface area contributed by atoms with Crippen LogP contribution in [0.5, 0.6) is 5.75 Å². The molecule has 1 aromatic rings. The lowest BCUT2D eigenvalue weighted by Crippen LogP contribution is -2.22. The summed E-state index contributed by atoms with van der Waals surface area (Å²) in [5.41, 5.74) is 6.32. The van der Waals surface area contributed by atoms with E-state index < -0.39 is 0 Å². The fraction of sp³-hybridized carbons (Fsp3) is 0.538. The molecule has 0 atom stereocenters. The predicted molar refractivity (Wildman–Crippen MR) is 65.5 cm³/mol. The molecule has 0 aliphatic heterocycles. The average molecular weight is 223 g/mol. The van der Waals surface area contributed by atoms with Gasteiger partial charge in [-0.3, -0.25) is 0 Å². The van der Waals surface area contributed by atoms with E-state index in [2.05, 4.69) is 0 Å². The molecular weight excluding hydrogens is 202 g/mol. The number of nitrogens with two attached hydrogens (primary N) is 1. The molecule has 1 aromatic carbocycles. The third-order valence-corrected chi connectivity index (χ3v) is 1.88. The Morgan fingerprint density at radius 2 is 1.75 bits per heavy atom. The van der Waals surface area contributed by atoms with E-state index in [-0.39, 0.29) is 5.60 Å². The van der Waals surface area contributed by atoms with E-state index in [0.29, 0.717) is 19.8 Å². The number of rotatable bonds is 5. The Hall–Kier alpha value is -1.06. The van der Waals surface area contributed by atoms with Crippen LogP contribution < -0.4 is 10.5 Å². The lowest BCUT2D eigenvalue weighted by atomic mass is 10.2. The maximum absolute atomic E-state index is 5.72. The molecule has 16 heavy (non-hydrogen) atoms. The van der Waals surface area contributed by atoms with Crippen molar-refractivity contribution < 1.29 is 9.47 Å². The van der Waals surface area contributed by atoms with Gasteiger partial charge in [0.15, 0.2) is 0 Å². The molecule has 1 rings (SSSR count). The highest BCUT2D eigenvalue weighted by molar-refractivity contribution is 5.27. The quantitative estimate of drug-likeness (QED) is 0.779. The molecule has 0 heterocycles. The normalized spacial score (nSPS) is 11.5. The molecule has 0 aliphatic carbocycles. The monoisotopic (exact) mass is 223 g/mol. The summed E-state index contributed by atoms with van der Waals surface area (Å²) in [5.74, 6) is 0.884. The Balaban J connectivity index is 2.48. The van der Waals surface area contributed by atoms with Crippen molar-refractivity contribution in [1.82, 2.24) is 0 Å². The highest BCUT2D eigenvalue weighted by Gasteiger charge is 2.11. The van der Waals surface area contributed by atoms with Gasteiger partial charge in [0.1, 0.15) is 11.4 Å². The second kappa shape index (κ2) is 5.87. The van der Waals surface area contributed by atoms with Crippen LogP contribution in [0.1, 0.15) is 26.3 Å². The van der Waals surface area contributed by atoms with Crippen molar-refractivity contribution >= 4 is 0 Å². The Kier molecular flexibility index (Phi) is 4.77. The van der Waals surface area contributed by atoms with Gasteiger partial charge in [-0.2, -0.15) is 0 Å². The smallest absolute Gasteiger partial charge is 0.120 e. The van der Waals surface area contributed by atoms with Crippen LogP contribution in [0.2, 0.25) is 0 Å². The van der Waals surface area contributed by atoms with Crippen molar-refractivity contribution in [2.45, 2.75) is 33.0 Å². The van der Waals surface area contributed by atoms with Crippen LogP contribution in [0.25, 0.3) is 0 Å². The summed E-state index contributed by atoms with van der Waals surface area (Å²) >= 11 is 0. The predicted octanol–water partition coefficient (Wildman–Crippen LogP) is 2.34. The second-order valence-electron chi connectivity index (χ2n) is 4.70. The SMILES string of the molecule is CC(C)(C)Oc1ccc(COCCN)cc1. The summed E-state index contributed by atoms with van der Waals surface area (Å²) in [6, 6.07) is 7.95. The molecule has 0 aromatic heterocycles. The third kappa shape index (κ3) is 5.14. The summed E-state index contributed by atoms with van der Waals surface area (Å²) in [6.07, 6.45) is 0. The first-order valence-corrected chi connectivity index (χ1v) is 5.57. The number of ether oxygens (including phenoxy) is 2. The molecule has 0 spiro atoms. The third-order valence-electron chi connectivity index (χ3n) is 1.88. The standard InChI is InChI=1S/C13H21NO2/c1-13(2,3)16-12-6-4-11(5-7-12)10-15-9-8-14/h4-7H,8-10,14H2,1-3H3. The number of benzene rings is 1. The molecule has 3 nitrogen and oxygen atoms in total. The highest BCUT2D eigenvalue weighted by Crippen LogP contribution is 2.18. The fourth-order valence-electron chi connectivity index (χ4n) is 1.28. The average Bonchev–Trinajstić information content (AvgIpc) is 2.19. The van der Waals surface area contributed by atoms with Gasteiger partial charge < -0.3 is 15.2 Å². The molecule has 0 radical (unpaired) electrons. The van der Waals surface area contributed by atoms with Crippen LogP contribution in [0.4, 0.5) is 0 Å².